The lowest BCUT2D eigenvalue weighted by molar-refractivity contribution is 0.299. The second-order valence-electron chi connectivity index (χ2n) is 4.33. The molecule has 5 heteroatoms. The topological polar surface area (TPSA) is 35.2 Å². The highest BCUT2D eigenvalue weighted by molar-refractivity contribution is 6.32. The molecule has 2 N–H and O–H groups in total. The zero-order chi connectivity index (χ0) is 14.5. The second-order valence-corrected chi connectivity index (χ2v) is 4.74. The summed E-state index contributed by atoms with van der Waals surface area (Å²) in [4.78, 5) is 0. The first-order valence-electron chi connectivity index (χ1n) is 6.15. The Morgan fingerprint density at radius 2 is 1.90 bits per heavy atom. The normalized spacial score (nSPS) is 10.6. The smallest absolute Gasteiger partial charge is 0.138 e. The van der Waals surface area contributed by atoms with Crippen molar-refractivity contribution >= 4 is 11.6 Å². The van der Waals surface area contributed by atoms with Crippen molar-refractivity contribution in [2.45, 2.75) is 13.0 Å². The molecule has 0 radical (unpaired) electrons. The van der Waals surface area contributed by atoms with Crippen LogP contribution in [0.4, 0.5) is 8.78 Å². The highest BCUT2D eigenvalue weighted by Gasteiger charge is 2.07. The molecular formula is C15H14ClF2NO. The molecule has 106 valence electrons. The summed E-state index contributed by atoms with van der Waals surface area (Å²) in [6.07, 6.45) is 0.721. The predicted molar refractivity (Wildman–Crippen MR) is 74.9 cm³/mol. The highest BCUT2D eigenvalue weighted by Crippen LogP contribution is 2.26. The van der Waals surface area contributed by atoms with Gasteiger partial charge in [-0.2, -0.15) is 0 Å². The predicted octanol–water partition coefficient (Wildman–Crippen LogP) is 3.70. The first-order valence-corrected chi connectivity index (χ1v) is 6.53. The van der Waals surface area contributed by atoms with Crippen LogP contribution in [-0.4, -0.2) is 6.54 Å². The molecule has 2 aromatic carbocycles. The molecule has 0 saturated carbocycles. The maximum atomic E-state index is 13.4. The van der Waals surface area contributed by atoms with Crippen LogP contribution in [0, 0.1) is 11.6 Å². The fraction of sp³-hybridized carbons (Fsp3) is 0.200. The van der Waals surface area contributed by atoms with Gasteiger partial charge in [-0.05, 0) is 48.9 Å². The first kappa shape index (κ1) is 14.8. The minimum absolute atomic E-state index is 0.0838. The molecule has 0 bridgehead atoms. The van der Waals surface area contributed by atoms with Gasteiger partial charge in [0, 0.05) is 5.56 Å². The van der Waals surface area contributed by atoms with Crippen LogP contribution in [0.25, 0.3) is 0 Å². The first-order chi connectivity index (χ1) is 9.60. The van der Waals surface area contributed by atoms with Crippen LogP contribution in [0.2, 0.25) is 5.02 Å². The summed E-state index contributed by atoms with van der Waals surface area (Å²) in [5, 5.41) is 0.424. The number of benzene rings is 2. The van der Waals surface area contributed by atoms with Crippen molar-refractivity contribution in [3.63, 3.8) is 0 Å². The lowest BCUT2D eigenvalue weighted by Gasteiger charge is -2.10. The Balaban J connectivity index is 2.09. The third-order valence-corrected chi connectivity index (χ3v) is 3.12. The van der Waals surface area contributed by atoms with Gasteiger partial charge in [0.1, 0.15) is 24.0 Å². The van der Waals surface area contributed by atoms with E-state index >= 15 is 0 Å². The van der Waals surface area contributed by atoms with Gasteiger partial charge in [0.25, 0.3) is 0 Å². The van der Waals surface area contributed by atoms with Gasteiger partial charge in [0.15, 0.2) is 0 Å². The fourth-order valence-electron chi connectivity index (χ4n) is 1.79. The van der Waals surface area contributed by atoms with E-state index in [0.717, 1.165) is 30.2 Å². The van der Waals surface area contributed by atoms with Gasteiger partial charge < -0.3 is 10.5 Å². The monoisotopic (exact) mass is 297 g/mol. The summed E-state index contributed by atoms with van der Waals surface area (Å²) in [6, 6.07) is 8.53. The van der Waals surface area contributed by atoms with Crippen molar-refractivity contribution in [2.24, 2.45) is 5.73 Å². The number of ether oxygens (including phenoxy) is 1. The Kier molecular flexibility index (Phi) is 4.93. The summed E-state index contributed by atoms with van der Waals surface area (Å²) < 4.78 is 31.9. The number of halogens is 3. The largest absolute Gasteiger partial charge is 0.487 e. The van der Waals surface area contributed by atoms with Crippen molar-refractivity contribution in [1.82, 2.24) is 0 Å². The van der Waals surface area contributed by atoms with Crippen molar-refractivity contribution < 1.29 is 13.5 Å². The summed E-state index contributed by atoms with van der Waals surface area (Å²) in [6.45, 7) is 0.449. The maximum Gasteiger partial charge on any atom is 0.138 e. The molecule has 0 spiro atoms. The molecule has 0 aromatic heterocycles. The van der Waals surface area contributed by atoms with E-state index in [-0.39, 0.29) is 12.2 Å². The molecule has 0 amide bonds. The number of rotatable bonds is 5. The zero-order valence-corrected chi connectivity index (χ0v) is 11.5. The quantitative estimate of drug-likeness (QED) is 0.913. The Morgan fingerprint density at radius 1 is 1.10 bits per heavy atom. The number of hydrogen-bond acceptors (Lipinski definition) is 2. The van der Waals surface area contributed by atoms with Crippen LogP contribution >= 0.6 is 11.6 Å². The van der Waals surface area contributed by atoms with Crippen LogP contribution in [0.1, 0.15) is 11.1 Å². The van der Waals surface area contributed by atoms with Crippen molar-refractivity contribution in [2.75, 3.05) is 6.54 Å². The summed E-state index contributed by atoms with van der Waals surface area (Å²) in [5.41, 5.74) is 6.61. The van der Waals surface area contributed by atoms with Crippen LogP contribution in [0.15, 0.2) is 36.4 Å². The molecule has 2 rings (SSSR count). The van der Waals surface area contributed by atoms with E-state index < -0.39 is 11.6 Å². The molecule has 0 atom stereocenters. The Bertz CT molecular complexity index is 604. The minimum atomic E-state index is -0.512. The second kappa shape index (κ2) is 6.68. The van der Waals surface area contributed by atoms with Gasteiger partial charge in [-0.3, -0.25) is 0 Å². The minimum Gasteiger partial charge on any atom is -0.487 e. The Morgan fingerprint density at radius 3 is 2.60 bits per heavy atom. The van der Waals surface area contributed by atoms with E-state index in [1.165, 1.54) is 0 Å². The van der Waals surface area contributed by atoms with Gasteiger partial charge in [-0.25, -0.2) is 8.78 Å². The molecule has 20 heavy (non-hydrogen) atoms. The molecule has 0 fully saturated rings. The lowest BCUT2D eigenvalue weighted by atomic mass is 10.1. The van der Waals surface area contributed by atoms with Gasteiger partial charge in [-0.15, -0.1) is 0 Å². The van der Waals surface area contributed by atoms with Crippen LogP contribution in [-0.2, 0) is 13.0 Å². The third kappa shape index (κ3) is 3.68. The Hall–Kier alpha value is -1.65. The van der Waals surface area contributed by atoms with Gasteiger partial charge in [0.05, 0.1) is 5.02 Å². The van der Waals surface area contributed by atoms with Crippen molar-refractivity contribution in [3.8, 4) is 5.75 Å². The third-order valence-electron chi connectivity index (χ3n) is 2.82. The molecule has 0 aliphatic heterocycles. The average Bonchev–Trinajstić information content (AvgIpc) is 2.42. The van der Waals surface area contributed by atoms with E-state index in [2.05, 4.69) is 0 Å². The summed E-state index contributed by atoms with van der Waals surface area (Å²) >= 11 is 6.07. The van der Waals surface area contributed by atoms with E-state index in [1.807, 2.05) is 6.07 Å². The van der Waals surface area contributed by atoms with Crippen LogP contribution < -0.4 is 10.5 Å². The number of hydrogen-bond donors (Lipinski definition) is 1. The van der Waals surface area contributed by atoms with Gasteiger partial charge >= 0.3 is 0 Å². The van der Waals surface area contributed by atoms with Crippen LogP contribution in [0.3, 0.4) is 0 Å². The van der Waals surface area contributed by atoms with Gasteiger partial charge in [-0.1, -0.05) is 17.7 Å². The number of nitrogens with two attached hydrogens (primary N) is 1. The Labute approximate surface area is 121 Å². The maximum absolute atomic E-state index is 13.4. The molecule has 0 aliphatic rings. The average molecular weight is 298 g/mol. The van der Waals surface area contributed by atoms with E-state index in [1.54, 1.807) is 12.1 Å². The zero-order valence-electron chi connectivity index (χ0n) is 10.7. The van der Waals surface area contributed by atoms with E-state index in [4.69, 9.17) is 22.1 Å². The van der Waals surface area contributed by atoms with Crippen molar-refractivity contribution in [1.29, 1.82) is 0 Å². The van der Waals surface area contributed by atoms with E-state index in [0.29, 0.717) is 17.3 Å². The van der Waals surface area contributed by atoms with Crippen molar-refractivity contribution in [3.05, 3.63) is 64.2 Å². The fourth-order valence-corrected chi connectivity index (χ4v) is 2.05. The molecule has 0 unspecified atom stereocenters. The SMILES string of the molecule is NCCc1ccc(OCc2cc(F)ccc2F)c(Cl)c1. The van der Waals surface area contributed by atoms with E-state index in [9.17, 15) is 8.78 Å². The standard InChI is InChI=1S/C15H14ClF2NO/c16-13-7-10(5-6-19)1-4-15(13)20-9-11-8-12(17)2-3-14(11)18/h1-4,7-8H,5-6,9,19H2. The summed E-state index contributed by atoms with van der Waals surface area (Å²) in [7, 11) is 0. The molecule has 2 aromatic rings. The molecular weight excluding hydrogens is 284 g/mol. The van der Waals surface area contributed by atoms with Gasteiger partial charge in [0.2, 0.25) is 0 Å². The van der Waals surface area contributed by atoms with Crippen LogP contribution in [0.5, 0.6) is 5.75 Å². The lowest BCUT2D eigenvalue weighted by Crippen LogP contribution is -2.03. The molecule has 0 aliphatic carbocycles. The molecule has 0 saturated heterocycles. The molecule has 0 heterocycles. The molecule has 2 nitrogen and oxygen atoms in total. The highest BCUT2D eigenvalue weighted by atomic mass is 35.5. The summed E-state index contributed by atoms with van der Waals surface area (Å²) in [5.74, 6) is -0.590.